The van der Waals surface area contributed by atoms with E-state index in [1.54, 1.807) is 17.9 Å². The van der Waals surface area contributed by atoms with Crippen molar-refractivity contribution in [3.63, 3.8) is 0 Å². The second-order valence-corrected chi connectivity index (χ2v) is 3.98. The third-order valence-electron chi connectivity index (χ3n) is 2.78. The average Bonchev–Trinajstić information content (AvgIpc) is 2.41. The fourth-order valence-corrected chi connectivity index (χ4v) is 1.86. The van der Waals surface area contributed by atoms with Crippen molar-refractivity contribution in [2.45, 2.75) is 6.92 Å². The Hall–Kier alpha value is -1.62. The highest BCUT2D eigenvalue weighted by Gasteiger charge is 2.19. The van der Waals surface area contributed by atoms with Crippen LogP contribution in [0.5, 0.6) is 5.75 Å². The first-order valence-corrected chi connectivity index (χ1v) is 6.01. The molecule has 1 aliphatic rings. The zero-order chi connectivity index (χ0) is 13.0. The minimum Gasteiger partial charge on any atom is -0.491 e. The van der Waals surface area contributed by atoms with Crippen molar-refractivity contribution in [1.29, 1.82) is 0 Å². The summed E-state index contributed by atoms with van der Waals surface area (Å²) in [4.78, 5) is 13.7. The molecule has 0 spiro atoms. The lowest BCUT2D eigenvalue weighted by Crippen LogP contribution is -2.40. The highest BCUT2D eigenvalue weighted by Crippen LogP contribution is 2.19. The Labute approximate surface area is 105 Å². The van der Waals surface area contributed by atoms with Crippen molar-refractivity contribution < 1.29 is 18.7 Å². The van der Waals surface area contributed by atoms with Crippen LogP contribution in [0.1, 0.15) is 17.3 Å². The monoisotopic (exact) mass is 253 g/mol. The molecule has 4 nitrogen and oxygen atoms in total. The van der Waals surface area contributed by atoms with Crippen LogP contribution in [0, 0.1) is 5.82 Å². The Bertz CT molecular complexity index is 430. The van der Waals surface area contributed by atoms with Crippen molar-refractivity contribution in [2.24, 2.45) is 0 Å². The van der Waals surface area contributed by atoms with Gasteiger partial charge in [-0.15, -0.1) is 0 Å². The number of ether oxygens (including phenoxy) is 2. The molecule has 0 aliphatic carbocycles. The van der Waals surface area contributed by atoms with Crippen molar-refractivity contribution in [2.75, 3.05) is 32.9 Å². The third-order valence-corrected chi connectivity index (χ3v) is 2.78. The summed E-state index contributed by atoms with van der Waals surface area (Å²) in [7, 11) is 0. The number of benzene rings is 1. The second kappa shape index (κ2) is 5.82. The fourth-order valence-electron chi connectivity index (χ4n) is 1.86. The van der Waals surface area contributed by atoms with Crippen LogP contribution in [0.3, 0.4) is 0 Å². The molecule has 18 heavy (non-hydrogen) atoms. The molecular formula is C13H16FNO3. The zero-order valence-electron chi connectivity index (χ0n) is 10.3. The number of nitrogens with zero attached hydrogens (tertiary/aromatic N) is 1. The van der Waals surface area contributed by atoms with E-state index in [0.29, 0.717) is 38.5 Å². The van der Waals surface area contributed by atoms with Crippen LogP contribution in [0.2, 0.25) is 0 Å². The number of amides is 1. The number of hydrogen-bond donors (Lipinski definition) is 0. The van der Waals surface area contributed by atoms with Crippen molar-refractivity contribution in [3.8, 4) is 5.75 Å². The van der Waals surface area contributed by atoms with Crippen LogP contribution in [0.4, 0.5) is 4.39 Å². The second-order valence-electron chi connectivity index (χ2n) is 3.98. The molecule has 0 aromatic heterocycles. The van der Waals surface area contributed by atoms with Crippen LogP contribution in [0.15, 0.2) is 18.2 Å². The molecule has 1 heterocycles. The van der Waals surface area contributed by atoms with E-state index in [2.05, 4.69) is 0 Å². The van der Waals surface area contributed by atoms with Gasteiger partial charge in [-0.25, -0.2) is 4.39 Å². The number of hydrogen-bond acceptors (Lipinski definition) is 3. The number of morpholine rings is 1. The maximum absolute atomic E-state index is 13.6. The molecule has 5 heteroatoms. The quantitative estimate of drug-likeness (QED) is 0.823. The van der Waals surface area contributed by atoms with Crippen molar-refractivity contribution >= 4 is 5.91 Å². The molecular weight excluding hydrogens is 237 g/mol. The van der Waals surface area contributed by atoms with Crippen LogP contribution < -0.4 is 4.74 Å². The SMILES string of the molecule is CCOc1ccc(C(=O)N2CCOCC2)cc1F. The topological polar surface area (TPSA) is 38.8 Å². The molecule has 1 amide bonds. The van der Waals surface area contributed by atoms with Gasteiger partial charge < -0.3 is 14.4 Å². The van der Waals surface area contributed by atoms with Gasteiger partial charge in [-0.05, 0) is 25.1 Å². The summed E-state index contributed by atoms with van der Waals surface area (Å²) >= 11 is 0. The summed E-state index contributed by atoms with van der Waals surface area (Å²) < 4.78 is 23.9. The van der Waals surface area contributed by atoms with E-state index in [0.717, 1.165) is 0 Å². The molecule has 2 rings (SSSR count). The van der Waals surface area contributed by atoms with Gasteiger partial charge in [-0.1, -0.05) is 0 Å². The Morgan fingerprint density at radius 1 is 1.44 bits per heavy atom. The van der Waals surface area contributed by atoms with Gasteiger partial charge in [0.25, 0.3) is 5.91 Å². The van der Waals surface area contributed by atoms with Crippen LogP contribution in [0.25, 0.3) is 0 Å². The normalized spacial score (nSPS) is 15.6. The Morgan fingerprint density at radius 2 is 2.17 bits per heavy atom. The summed E-state index contributed by atoms with van der Waals surface area (Å²) in [5.41, 5.74) is 0.345. The molecule has 1 fully saturated rings. The molecule has 0 radical (unpaired) electrons. The van der Waals surface area contributed by atoms with Gasteiger partial charge in [0.1, 0.15) is 0 Å². The lowest BCUT2D eigenvalue weighted by atomic mass is 10.1. The summed E-state index contributed by atoms with van der Waals surface area (Å²) in [6.07, 6.45) is 0. The standard InChI is InChI=1S/C13H16FNO3/c1-2-18-12-4-3-10(9-11(12)14)13(16)15-5-7-17-8-6-15/h3-4,9H,2,5-8H2,1H3. The Morgan fingerprint density at radius 3 is 2.78 bits per heavy atom. The number of rotatable bonds is 3. The molecule has 1 aromatic carbocycles. The van der Waals surface area contributed by atoms with Gasteiger partial charge in [-0.3, -0.25) is 4.79 Å². The highest BCUT2D eigenvalue weighted by molar-refractivity contribution is 5.94. The number of halogens is 1. The van der Waals surface area contributed by atoms with E-state index < -0.39 is 5.82 Å². The van der Waals surface area contributed by atoms with E-state index in [1.807, 2.05) is 0 Å². The first-order chi connectivity index (χ1) is 8.72. The van der Waals surface area contributed by atoms with Gasteiger partial charge in [0.15, 0.2) is 11.6 Å². The summed E-state index contributed by atoms with van der Waals surface area (Å²) in [5.74, 6) is -0.493. The zero-order valence-corrected chi connectivity index (χ0v) is 10.3. The largest absolute Gasteiger partial charge is 0.491 e. The van der Waals surface area contributed by atoms with Crippen molar-refractivity contribution in [3.05, 3.63) is 29.6 Å². The predicted molar refractivity (Wildman–Crippen MR) is 64.3 cm³/mol. The van der Waals surface area contributed by atoms with Crippen LogP contribution >= 0.6 is 0 Å². The maximum Gasteiger partial charge on any atom is 0.254 e. The molecule has 0 atom stereocenters. The van der Waals surface area contributed by atoms with E-state index in [-0.39, 0.29) is 11.7 Å². The predicted octanol–water partition coefficient (Wildman–Crippen LogP) is 1.70. The Balaban J connectivity index is 2.12. The van der Waals surface area contributed by atoms with Crippen LogP contribution in [-0.2, 0) is 4.74 Å². The molecule has 1 saturated heterocycles. The first-order valence-electron chi connectivity index (χ1n) is 6.01. The number of carbonyl (C=O) groups excluding carboxylic acids is 1. The molecule has 0 saturated carbocycles. The third kappa shape index (κ3) is 2.79. The maximum atomic E-state index is 13.6. The highest BCUT2D eigenvalue weighted by atomic mass is 19.1. The molecule has 0 bridgehead atoms. The van der Waals surface area contributed by atoms with E-state index in [1.165, 1.54) is 12.1 Å². The van der Waals surface area contributed by atoms with Gasteiger partial charge in [0.05, 0.1) is 19.8 Å². The minimum absolute atomic E-state index is 0.166. The fraction of sp³-hybridized carbons (Fsp3) is 0.462. The molecule has 0 unspecified atom stereocenters. The van der Waals surface area contributed by atoms with E-state index in [4.69, 9.17) is 9.47 Å². The smallest absolute Gasteiger partial charge is 0.254 e. The molecule has 0 N–H and O–H groups in total. The van der Waals surface area contributed by atoms with E-state index >= 15 is 0 Å². The average molecular weight is 253 g/mol. The molecule has 1 aliphatic heterocycles. The molecule has 1 aromatic rings. The van der Waals surface area contributed by atoms with Gasteiger partial charge in [0.2, 0.25) is 0 Å². The van der Waals surface area contributed by atoms with Gasteiger partial charge in [0, 0.05) is 18.7 Å². The lowest BCUT2D eigenvalue weighted by molar-refractivity contribution is 0.0302. The Kier molecular flexibility index (Phi) is 4.15. The minimum atomic E-state index is -0.504. The first kappa shape index (κ1) is 12.8. The summed E-state index contributed by atoms with van der Waals surface area (Å²) in [6, 6.07) is 4.31. The van der Waals surface area contributed by atoms with Gasteiger partial charge in [-0.2, -0.15) is 0 Å². The lowest BCUT2D eigenvalue weighted by Gasteiger charge is -2.26. The van der Waals surface area contributed by atoms with Crippen molar-refractivity contribution in [1.82, 2.24) is 4.90 Å². The summed E-state index contributed by atoms with van der Waals surface area (Å²) in [5, 5.41) is 0. The van der Waals surface area contributed by atoms with Gasteiger partial charge >= 0.3 is 0 Å². The van der Waals surface area contributed by atoms with E-state index in [9.17, 15) is 9.18 Å². The summed E-state index contributed by atoms with van der Waals surface area (Å²) in [6.45, 7) is 4.34. The molecule has 98 valence electrons. The van der Waals surface area contributed by atoms with Crippen LogP contribution in [-0.4, -0.2) is 43.7 Å². The number of carbonyl (C=O) groups is 1.